The van der Waals surface area contributed by atoms with Crippen molar-refractivity contribution in [1.29, 1.82) is 5.26 Å². The number of rotatable bonds is 3. The van der Waals surface area contributed by atoms with Gasteiger partial charge < -0.3 is 19.1 Å². The summed E-state index contributed by atoms with van der Waals surface area (Å²) in [6.45, 7) is 6.94. The second-order valence-corrected chi connectivity index (χ2v) is 11.2. The quantitative estimate of drug-likeness (QED) is 0.425. The van der Waals surface area contributed by atoms with E-state index in [4.69, 9.17) is 14.2 Å². The van der Waals surface area contributed by atoms with Crippen molar-refractivity contribution in [2.24, 2.45) is 0 Å². The van der Waals surface area contributed by atoms with E-state index in [0.29, 0.717) is 50.9 Å². The lowest BCUT2D eigenvalue weighted by atomic mass is 9.82. The van der Waals surface area contributed by atoms with Crippen LogP contribution >= 0.6 is 0 Å². The average Bonchev–Trinajstić information content (AvgIpc) is 2.91. The topological polar surface area (TPSA) is 107 Å². The number of nitriles is 1. The molecule has 40 heavy (non-hydrogen) atoms. The van der Waals surface area contributed by atoms with E-state index in [1.165, 1.54) is 18.5 Å². The highest BCUT2D eigenvalue weighted by Crippen LogP contribution is 2.39. The van der Waals surface area contributed by atoms with Crippen molar-refractivity contribution in [2.75, 3.05) is 19.7 Å². The molecule has 3 heterocycles. The summed E-state index contributed by atoms with van der Waals surface area (Å²) < 4.78 is 47.2. The molecule has 2 fully saturated rings. The normalized spacial score (nSPS) is 18.9. The Hall–Kier alpha value is -4.04. The smallest absolute Gasteiger partial charge is 0.410 e. The van der Waals surface area contributed by atoms with Crippen LogP contribution in [-0.2, 0) is 9.47 Å². The molecule has 5 rings (SSSR count). The number of ether oxygens (including phenoxy) is 3. The van der Waals surface area contributed by atoms with Gasteiger partial charge in [-0.3, -0.25) is 9.36 Å². The fraction of sp³-hybridized carbons (Fsp3) is 0.448. The Bertz CT molecular complexity index is 1550. The van der Waals surface area contributed by atoms with E-state index >= 15 is 0 Å². The summed E-state index contributed by atoms with van der Waals surface area (Å²) in [7, 11) is 0. The van der Waals surface area contributed by atoms with Crippen molar-refractivity contribution in [1.82, 2.24) is 14.5 Å². The first-order valence-corrected chi connectivity index (χ1v) is 13.2. The van der Waals surface area contributed by atoms with Gasteiger partial charge in [0, 0.05) is 25.7 Å². The van der Waals surface area contributed by atoms with Crippen molar-refractivity contribution < 1.29 is 27.8 Å². The number of fused-ring (bicyclic) bond motifs is 1. The van der Waals surface area contributed by atoms with E-state index < -0.39 is 34.1 Å². The number of aromatic nitrogens is 2. The molecule has 210 valence electrons. The van der Waals surface area contributed by atoms with Crippen LogP contribution < -0.4 is 10.3 Å². The van der Waals surface area contributed by atoms with Gasteiger partial charge in [0.05, 0.1) is 22.8 Å². The molecule has 11 heteroatoms. The molecule has 1 atom stereocenters. The summed E-state index contributed by atoms with van der Waals surface area (Å²) in [6, 6.07) is 7.61. The van der Waals surface area contributed by atoms with Gasteiger partial charge in [0.25, 0.3) is 5.56 Å². The Morgan fingerprint density at radius 2 is 1.90 bits per heavy atom. The lowest BCUT2D eigenvalue weighted by Gasteiger charge is -2.46. The molecule has 1 unspecified atom stereocenters. The fourth-order valence-electron chi connectivity index (χ4n) is 5.30. The monoisotopic (exact) mass is 552 g/mol. The van der Waals surface area contributed by atoms with Crippen LogP contribution in [0.15, 0.2) is 41.5 Å². The second-order valence-electron chi connectivity index (χ2n) is 11.2. The number of likely N-dealkylation sites (tertiary alicyclic amines) is 1. The largest absolute Gasteiger partial charge is 0.453 e. The van der Waals surface area contributed by atoms with Crippen LogP contribution in [0.25, 0.3) is 10.9 Å². The van der Waals surface area contributed by atoms with E-state index in [1.54, 1.807) is 21.6 Å². The number of piperidine rings is 1. The Morgan fingerprint density at radius 3 is 2.60 bits per heavy atom. The fourth-order valence-corrected chi connectivity index (χ4v) is 5.30. The molecule has 2 saturated heterocycles. The van der Waals surface area contributed by atoms with Gasteiger partial charge in [0.2, 0.25) is 0 Å². The lowest BCUT2D eigenvalue weighted by molar-refractivity contribution is -0.123. The molecule has 0 saturated carbocycles. The van der Waals surface area contributed by atoms with Crippen molar-refractivity contribution >= 4 is 17.0 Å². The minimum Gasteiger partial charge on any atom is -0.453 e. The van der Waals surface area contributed by atoms with Crippen molar-refractivity contribution in [3.8, 4) is 17.6 Å². The first-order valence-electron chi connectivity index (χ1n) is 13.2. The molecule has 0 aliphatic carbocycles. The Morgan fingerprint density at radius 1 is 1.18 bits per heavy atom. The zero-order chi connectivity index (χ0) is 28.7. The third-order valence-corrected chi connectivity index (χ3v) is 7.33. The lowest BCUT2D eigenvalue weighted by Crippen LogP contribution is -2.52. The summed E-state index contributed by atoms with van der Waals surface area (Å²) in [5.74, 6) is -2.28. The van der Waals surface area contributed by atoms with Gasteiger partial charge >= 0.3 is 6.09 Å². The molecular formula is C29H30F2N4O5. The van der Waals surface area contributed by atoms with Gasteiger partial charge in [0.15, 0.2) is 11.6 Å². The zero-order valence-corrected chi connectivity index (χ0v) is 22.6. The minimum absolute atomic E-state index is 0.0723. The first kappa shape index (κ1) is 27.5. The maximum absolute atomic E-state index is 14.4. The second kappa shape index (κ2) is 10.5. The van der Waals surface area contributed by atoms with Gasteiger partial charge in [0.1, 0.15) is 28.8 Å². The number of carbonyl (C=O) groups excluding carboxylic acids is 1. The van der Waals surface area contributed by atoms with Crippen molar-refractivity contribution in [3.63, 3.8) is 0 Å². The molecule has 0 bridgehead atoms. The van der Waals surface area contributed by atoms with Crippen LogP contribution in [0.1, 0.15) is 58.1 Å². The molecule has 2 aliphatic heterocycles. The highest BCUT2D eigenvalue weighted by atomic mass is 19.1. The molecule has 9 nitrogen and oxygen atoms in total. The highest BCUT2D eigenvalue weighted by Gasteiger charge is 2.42. The molecule has 0 radical (unpaired) electrons. The molecule has 1 aromatic heterocycles. The third kappa shape index (κ3) is 5.49. The number of hydrogen-bond acceptors (Lipinski definition) is 7. The first-order chi connectivity index (χ1) is 19.0. The summed E-state index contributed by atoms with van der Waals surface area (Å²) >= 11 is 0. The van der Waals surface area contributed by atoms with E-state index in [2.05, 4.69) is 4.98 Å². The standard InChI is InChI=1S/C29H30F2N4O5/c1-28(2,3)40-27(37)34-11-9-29(10-12-34)15-18(8-13-38-29)35-17-33-24-7-4-19(14-20(24)26(35)36)39-25-21(16-32)22(30)5-6-23(25)31/h4-7,14,17-18H,8-13,15H2,1-3H3. The number of carbonyl (C=O) groups is 1. The maximum Gasteiger partial charge on any atom is 0.410 e. The third-order valence-electron chi connectivity index (χ3n) is 7.33. The molecular weight excluding hydrogens is 522 g/mol. The van der Waals surface area contributed by atoms with E-state index in [0.717, 1.165) is 12.1 Å². The predicted octanol–water partition coefficient (Wildman–Crippen LogP) is 5.46. The number of amides is 1. The number of hydrogen-bond donors (Lipinski definition) is 0. The molecule has 2 aromatic carbocycles. The SMILES string of the molecule is CC(C)(C)OC(=O)N1CCC2(CC1)CC(n1cnc3ccc(Oc4c(F)ccc(F)c4C#N)cc3c1=O)CCO2. The Labute approximate surface area is 229 Å². The average molecular weight is 553 g/mol. The molecule has 0 N–H and O–H groups in total. The molecule has 3 aromatic rings. The zero-order valence-electron chi connectivity index (χ0n) is 22.6. The van der Waals surface area contributed by atoms with Gasteiger partial charge in [-0.1, -0.05) is 0 Å². The maximum atomic E-state index is 14.4. The van der Waals surface area contributed by atoms with Gasteiger partial charge in [-0.25, -0.2) is 18.6 Å². The van der Waals surface area contributed by atoms with Crippen molar-refractivity contribution in [2.45, 2.75) is 63.7 Å². The number of halogens is 2. The Balaban J connectivity index is 1.36. The number of benzene rings is 2. The van der Waals surface area contributed by atoms with Gasteiger partial charge in [-0.05, 0) is 76.8 Å². The van der Waals surface area contributed by atoms with E-state index in [-0.39, 0.29) is 28.8 Å². The molecule has 1 amide bonds. The van der Waals surface area contributed by atoms with Gasteiger partial charge in [-0.15, -0.1) is 0 Å². The highest BCUT2D eigenvalue weighted by molar-refractivity contribution is 5.79. The van der Waals surface area contributed by atoms with Crippen LogP contribution in [0.3, 0.4) is 0 Å². The van der Waals surface area contributed by atoms with Gasteiger partial charge in [-0.2, -0.15) is 5.26 Å². The molecule has 1 spiro atoms. The van der Waals surface area contributed by atoms with Crippen LogP contribution in [0.2, 0.25) is 0 Å². The van der Waals surface area contributed by atoms with Crippen LogP contribution in [0.4, 0.5) is 13.6 Å². The Kier molecular flexibility index (Phi) is 7.23. The summed E-state index contributed by atoms with van der Waals surface area (Å²) in [5, 5.41) is 9.50. The van der Waals surface area contributed by atoms with Crippen LogP contribution in [0, 0.1) is 23.0 Å². The number of nitrogens with zero attached hydrogens (tertiary/aromatic N) is 4. The van der Waals surface area contributed by atoms with E-state index in [1.807, 2.05) is 20.8 Å². The summed E-state index contributed by atoms with van der Waals surface area (Å²) in [4.78, 5) is 32.2. The minimum atomic E-state index is -0.908. The van der Waals surface area contributed by atoms with E-state index in [9.17, 15) is 23.6 Å². The molecule has 2 aliphatic rings. The van der Waals surface area contributed by atoms with Crippen LogP contribution in [-0.4, -0.2) is 51.4 Å². The summed E-state index contributed by atoms with van der Waals surface area (Å²) in [5.41, 5.74) is -1.49. The summed E-state index contributed by atoms with van der Waals surface area (Å²) in [6.07, 6.45) is 3.61. The van der Waals surface area contributed by atoms with Crippen molar-refractivity contribution in [3.05, 3.63) is 64.2 Å². The van der Waals surface area contributed by atoms with Crippen LogP contribution in [0.5, 0.6) is 11.5 Å². The predicted molar refractivity (Wildman–Crippen MR) is 141 cm³/mol.